The van der Waals surface area contributed by atoms with Crippen LogP contribution in [0, 0.1) is 13.8 Å². The third-order valence-electron chi connectivity index (χ3n) is 5.46. The molecule has 1 aromatic heterocycles. The SMILES string of the molecule is CCc1ccc2c3c(C(N)=O)cccc3n(Cc3ccc(C)cc3C)c2c1. The number of hydrogen-bond acceptors (Lipinski definition) is 1. The van der Waals surface area contributed by atoms with Crippen LogP contribution in [0.1, 0.15) is 39.5 Å². The third-order valence-corrected chi connectivity index (χ3v) is 5.46. The highest BCUT2D eigenvalue weighted by Gasteiger charge is 2.17. The van der Waals surface area contributed by atoms with E-state index < -0.39 is 0 Å². The Morgan fingerprint density at radius 3 is 2.52 bits per heavy atom. The molecule has 0 saturated carbocycles. The second-order valence-electron chi connectivity index (χ2n) is 7.29. The number of aryl methyl sites for hydroxylation is 3. The van der Waals surface area contributed by atoms with Gasteiger partial charge in [0.2, 0.25) is 5.91 Å². The Morgan fingerprint density at radius 1 is 1.00 bits per heavy atom. The molecule has 1 amide bonds. The van der Waals surface area contributed by atoms with Crippen LogP contribution in [-0.4, -0.2) is 10.5 Å². The number of nitrogens with two attached hydrogens (primary N) is 1. The van der Waals surface area contributed by atoms with E-state index in [-0.39, 0.29) is 5.91 Å². The summed E-state index contributed by atoms with van der Waals surface area (Å²) in [5, 5.41) is 2.04. The first kappa shape index (κ1) is 17.3. The zero-order valence-corrected chi connectivity index (χ0v) is 16.0. The van der Waals surface area contributed by atoms with Gasteiger partial charge in [0.1, 0.15) is 0 Å². The second kappa shape index (κ2) is 6.58. The minimum Gasteiger partial charge on any atom is -0.366 e. The van der Waals surface area contributed by atoms with Crippen LogP contribution in [0.3, 0.4) is 0 Å². The zero-order valence-electron chi connectivity index (χ0n) is 16.0. The molecule has 4 rings (SSSR count). The van der Waals surface area contributed by atoms with E-state index in [0.29, 0.717) is 5.56 Å². The molecule has 0 aliphatic carbocycles. The van der Waals surface area contributed by atoms with Crippen LogP contribution < -0.4 is 5.73 Å². The third kappa shape index (κ3) is 2.89. The lowest BCUT2D eigenvalue weighted by molar-refractivity contribution is 0.100. The first-order chi connectivity index (χ1) is 13.0. The lowest BCUT2D eigenvalue weighted by Gasteiger charge is -2.12. The number of carbonyl (C=O) groups excluding carboxylic acids is 1. The molecule has 27 heavy (non-hydrogen) atoms. The van der Waals surface area contributed by atoms with Gasteiger partial charge in [-0.2, -0.15) is 0 Å². The minimum atomic E-state index is -0.384. The van der Waals surface area contributed by atoms with Gasteiger partial charge >= 0.3 is 0 Å². The van der Waals surface area contributed by atoms with Crippen molar-refractivity contribution < 1.29 is 4.79 Å². The highest BCUT2D eigenvalue weighted by molar-refractivity contribution is 6.18. The van der Waals surface area contributed by atoms with Crippen LogP contribution in [0.5, 0.6) is 0 Å². The number of carbonyl (C=O) groups is 1. The highest BCUT2D eigenvalue weighted by Crippen LogP contribution is 2.33. The predicted molar refractivity (Wildman–Crippen MR) is 112 cm³/mol. The molecule has 0 radical (unpaired) electrons. The number of fused-ring (bicyclic) bond motifs is 3. The van der Waals surface area contributed by atoms with Gasteiger partial charge in [-0.25, -0.2) is 0 Å². The Bertz CT molecular complexity index is 1180. The van der Waals surface area contributed by atoms with Crippen LogP contribution in [0.2, 0.25) is 0 Å². The van der Waals surface area contributed by atoms with Gasteiger partial charge in [-0.05, 0) is 55.2 Å². The molecule has 0 atom stereocenters. The van der Waals surface area contributed by atoms with Crippen molar-refractivity contribution in [2.45, 2.75) is 33.7 Å². The summed E-state index contributed by atoms with van der Waals surface area (Å²) in [7, 11) is 0. The average Bonchev–Trinajstić information content (AvgIpc) is 2.97. The summed E-state index contributed by atoms with van der Waals surface area (Å²) in [5.41, 5.74) is 13.6. The molecular weight excluding hydrogens is 332 g/mol. The number of amides is 1. The Morgan fingerprint density at radius 2 is 1.81 bits per heavy atom. The van der Waals surface area contributed by atoms with Crippen molar-refractivity contribution in [3.05, 3.63) is 82.4 Å². The van der Waals surface area contributed by atoms with Crippen molar-refractivity contribution in [2.75, 3.05) is 0 Å². The highest BCUT2D eigenvalue weighted by atomic mass is 16.1. The molecule has 0 fully saturated rings. The summed E-state index contributed by atoms with van der Waals surface area (Å²) >= 11 is 0. The fraction of sp³-hybridized carbons (Fsp3) is 0.208. The molecule has 1 heterocycles. The van der Waals surface area contributed by atoms with Crippen molar-refractivity contribution in [2.24, 2.45) is 5.73 Å². The maximum absolute atomic E-state index is 12.1. The van der Waals surface area contributed by atoms with Crippen LogP contribution in [0.4, 0.5) is 0 Å². The molecule has 3 heteroatoms. The topological polar surface area (TPSA) is 48.0 Å². The fourth-order valence-electron chi connectivity index (χ4n) is 3.98. The number of aromatic nitrogens is 1. The van der Waals surface area contributed by atoms with E-state index in [1.54, 1.807) is 0 Å². The first-order valence-electron chi connectivity index (χ1n) is 9.39. The first-order valence-corrected chi connectivity index (χ1v) is 9.39. The molecule has 136 valence electrons. The number of primary amides is 1. The standard InChI is InChI=1S/C24H24N2O/c1-4-17-9-11-19-22(13-17)26(14-18-10-8-15(2)12-16(18)3)21-7-5-6-20(23(19)21)24(25)27/h5-13H,4,14H2,1-3H3,(H2,25,27). The Hall–Kier alpha value is -3.07. The van der Waals surface area contributed by atoms with Gasteiger partial charge < -0.3 is 10.3 Å². The van der Waals surface area contributed by atoms with E-state index in [2.05, 4.69) is 67.8 Å². The molecule has 0 aliphatic rings. The quantitative estimate of drug-likeness (QED) is 0.542. The molecule has 0 bridgehead atoms. The fourth-order valence-corrected chi connectivity index (χ4v) is 3.98. The van der Waals surface area contributed by atoms with E-state index in [1.807, 2.05) is 12.1 Å². The second-order valence-corrected chi connectivity index (χ2v) is 7.29. The van der Waals surface area contributed by atoms with Gasteiger partial charge in [-0.3, -0.25) is 4.79 Å². The van der Waals surface area contributed by atoms with E-state index >= 15 is 0 Å². The Balaban J connectivity index is 2.04. The number of hydrogen-bond donors (Lipinski definition) is 1. The molecule has 0 unspecified atom stereocenters. The lowest BCUT2D eigenvalue weighted by atomic mass is 10.0. The summed E-state index contributed by atoms with van der Waals surface area (Å²) in [4.78, 5) is 12.1. The molecule has 3 nitrogen and oxygen atoms in total. The number of rotatable bonds is 4. The van der Waals surface area contributed by atoms with Gasteiger partial charge in [0.25, 0.3) is 0 Å². The van der Waals surface area contributed by atoms with E-state index in [0.717, 1.165) is 34.8 Å². The molecular formula is C24H24N2O. The predicted octanol–water partition coefficient (Wildman–Crippen LogP) is 5.12. The maximum atomic E-state index is 12.1. The maximum Gasteiger partial charge on any atom is 0.249 e. The van der Waals surface area contributed by atoms with Crippen LogP contribution >= 0.6 is 0 Å². The van der Waals surface area contributed by atoms with Gasteiger partial charge in [0.05, 0.1) is 5.52 Å². The van der Waals surface area contributed by atoms with Gasteiger partial charge in [-0.1, -0.05) is 48.9 Å². The summed E-state index contributed by atoms with van der Waals surface area (Å²) in [6, 6.07) is 18.9. The Labute approximate surface area is 159 Å². The number of nitrogens with zero attached hydrogens (tertiary/aromatic N) is 1. The summed E-state index contributed by atoms with van der Waals surface area (Å²) in [6.07, 6.45) is 0.976. The molecule has 0 aliphatic heterocycles. The van der Waals surface area contributed by atoms with Gasteiger partial charge in [0, 0.05) is 28.4 Å². The number of benzene rings is 3. The van der Waals surface area contributed by atoms with E-state index in [9.17, 15) is 4.79 Å². The largest absolute Gasteiger partial charge is 0.366 e. The molecule has 3 aromatic carbocycles. The zero-order chi connectivity index (χ0) is 19.1. The van der Waals surface area contributed by atoms with Crippen LogP contribution in [0.15, 0.2) is 54.6 Å². The van der Waals surface area contributed by atoms with Crippen molar-refractivity contribution >= 4 is 27.7 Å². The van der Waals surface area contributed by atoms with Gasteiger partial charge in [0.15, 0.2) is 0 Å². The summed E-state index contributed by atoms with van der Waals surface area (Å²) in [6.45, 7) is 7.20. The Kier molecular flexibility index (Phi) is 4.23. The van der Waals surface area contributed by atoms with E-state index in [4.69, 9.17) is 5.73 Å². The van der Waals surface area contributed by atoms with Gasteiger partial charge in [-0.15, -0.1) is 0 Å². The molecule has 4 aromatic rings. The van der Waals surface area contributed by atoms with Crippen molar-refractivity contribution in [1.29, 1.82) is 0 Å². The van der Waals surface area contributed by atoms with Crippen molar-refractivity contribution in [1.82, 2.24) is 4.57 Å². The molecule has 2 N–H and O–H groups in total. The van der Waals surface area contributed by atoms with Crippen molar-refractivity contribution in [3.63, 3.8) is 0 Å². The van der Waals surface area contributed by atoms with Crippen LogP contribution in [-0.2, 0) is 13.0 Å². The molecule has 0 saturated heterocycles. The molecule has 0 spiro atoms. The summed E-state index contributed by atoms with van der Waals surface area (Å²) < 4.78 is 2.31. The normalized spacial score (nSPS) is 11.4. The summed E-state index contributed by atoms with van der Waals surface area (Å²) in [5.74, 6) is -0.384. The van der Waals surface area contributed by atoms with Crippen molar-refractivity contribution in [3.8, 4) is 0 Å². The monoisotopic (exact) mass is 356 g/mol. The van der Waals surface area contributed by atoms with Crippen LogP contribution in [0.25, 0.3) is 21.8 Å². The minimum absolute atomic E-state index is 0.384. The van der Waals surface area contributed by atoms with E-state index in [1.165, 1.54) is 22.3 Å². The average molecular weight is 356 g/mol. The lowest BCUT2D eigenvalue weighted by Crippen LogP contribution is -2.11. The smallest absolute Gasteiger partial charge is 0.249 e.